The van der Waals surface area contributed by atoms with Crippen molar-refractivity contribution in [2.24, 2.45) is 0 Å². The summed E-state index contributed by atoms with van der Waals surface area (Å²) in [5.74, 6) is -0.473. The molecule has 64 valence electrons. The van der Waals surface area contributed by atoms with E-state index in [4.69, 9.17) is 11.0 Å². The van der Waals surface area contributed by atoms with Crippen molar-refractivity contribution in [3.63, 3.8) is 0 Å². The molecule has 1 heterocycles. The minimum Gasteiger partial charge on any atom is -0.396 e. The van der Waals surface area contributed by atoms with Gasteiger partial charge in [0.25, 0.3) is 0 Å². The molecule has 3 N–H and O–H groups in total. The van der Waals surface area contributed by atoms with Gasteiger partial charge in [-0.25, -0.2) is 4.39 Å². The van der Waals surface area contributed by atoms with Crippen LogP contribution in [0.2, 0.25) is 0 Å². The summed E-state index contributed by atoms with van der Waals surface area (Å²) in [6.07, 6.45) is 0. The summed E-state index contributed by atoms with van der Waals surface area (Å²) in [7, 11) is 0. The average molecular weight is 175 g/mol. The van der Waals surface area contributed by atoms with Crippen LogP contribution in [0.4, 0.5) is 10.1 Å². The number of nitrogens with zero attached hydrogens (tertiary/aromatic N) is 1. The number of nitrogens with two attached hydrogens (primary N) is 1. The SMILES string of the molecule is N#Cc1cc2cc(N)c(F)cc2[nH]1. The van der Waals surface area contributed by atoms with Gasteiger partial charge in [0.15, 0.2) is 0 Å². The van der Waals surface area contributed by atoms with Gasteiger partial charge in [-0.05, 0) is 12.1 Å². The number of hydrogen-bond donors (Lipinski definition) is 2. The van der Waals surface area contributed by atoms with E-state index in [0.29, 0.717) is 11.2 Å². The van der Waals surface area contributed by atoms with Gasteiger partial charge in [0.2, 0.25) is 0 Å². The third kappa shape index (κ3) is 1.11. The molecule has 1 aromatic heterocycles. The highest BCUT2D eigenvalue weighted by Crippen LogP contribution is 2.20. The quantitative estimate of drug-likeness (QED) is 0.599. The van der Waals surface area contributed by atoms with E-state index >= 15 is 0 Å². The summed E-state index contributed by atoms with van der Waals surface area (Å²) in [5.41, 5.74) is 6.45. The Hall–Kier alpha value is -2.02. The van der Waals surface area contributed by atoms with E-state index in [9.17, 15) is 4.39 Å². The Labute approximate surface area is 73.6 Å². The molecule has 13 heavy (non-hydrogen) atoms. The second-order valence-corrected chi connectivity index (χ2v) is 2.76. The molecule has 0 bridgehead atoms. The van der Waals surface area contributed by atoms with Crippen LogP contribution in [0.15, 0.2) is 18.2 Å². The molecule has 2 rings (SSSR count). The zero-order valence-corrected chi connectivity index (χ0v) is 6.63. The van der Waals surface area contributed by atoms with Crippen LogP contribution in [0, 0.1) is 17.1 Å². The lowest BCUT2D eigenvalue weighted by atomic mass is 10.2. The minimum atomic E-state index is -0.473. The summed E-state index contributed by atoms with van der Waals surface area (Å²) in [6, 6.07) is 6.35. The molecule has 4 heteroatoms. The number of nitriles is 1. The van der Waals surface area contributed by atoms with Crippen LogP contribution in [0.1, 0.15) is 5.69 Å². The predicted molar refractivity (Wildman–Crippen MR) is 47.4 cm³/mol. The average Bonchev–Trinajstić information content (AvgIpc) is 2.48. The van der Waals surface area contributed by atoms with Crippen LogP contribution in [0.3, 0.4) is 0 Å². The molecule has 0 unspecified atom stereocenters. The molecule has 0 spiro atoms. The first-order valence-corrected chi connectivity index (χ1v) is 3.68. The number of nitrogens with one attached hydrogen (secondary N) is 1. The molecule has 2 aromatic rings. The fourth-order valence-corrected chi connectivity index (χ4v) is 1.23. The van der Waals surface area contributed by atoms with E-state index in [1.54, 1.807) is 6.07 Å². The Bertz CT molecular complexity index is 468. The van der Waals surface area contributed by atoms with Gasteiger partial charge in [-0.3, -0.25) is 0 Å². The van der Waals surface area contributed by atoms with Gasteiger partial charge < -0.3 is 10.7 Å². The van der Waals surface area contributed by atoms with E-state index in [1.165, 1.54) is 12.1 Å². The molecule has 1 aromatic carbocycles. The van der Waals surface area contributed by atoms with Gasteiger partial charge in [0, 0.05) is 17.0 Å². The van der Waals surface area contributed by atoms with Crippen molar-refractivity contribution in [1.82, 2.24) is 4.98 Å². The number of hydrogen-bond acceptors (Lipinski definition) is 2. The Morgan fingerprint density at radius 1 is 1.38 bits per heavy atom. The Morgan fingerprint density at radius 2 is 2.15 bits per heavy atom. The van der Waals surface area contributed by atoms with Gasteiger partial charge in [-0.2, -0.15) is 5.26 Å². The first kappa shape index (κ1) is 7.62. The van der Waals surface area contributed by atoms with Crippen molar-refractivity contribution in [1.29, 1.82) is 5.26 Å². The van der Waals surface area contributed by atoms with Crippen LogP contribution in [0.5, 0.6) is 0 Å². The van der Waals surface area contributed by atoms with Crippen molar-refractivity contribution < 1.29 is 4.39 Å². The molecule has 0 saturated heterocycles. The van der Waals surface area contributed by atoms with Crippen molar-refractivity contribution in [3.8, 4) is 6.07 Å². The number of H-pyrrole nitrogens is 1. The summed E-state index contributed by atoms with van der Waals surface area (Å²) in [4.78, 5) is 2.76. The standard InChI is InChI=1S/C9H6FN3/c10-7-3-9-5(2-8(7)12)1-6(4-11)13-9/h1-3,13H,12H2. The van der Waals surface area contributed by atoms with Gasteiger partial charge in [0.1, 0.15) is 17.6 Å². The Kier molecular flexibility index (Phi) is 1.46. The highest BCUT2D eigenvalue weighted by Gasteiger charge is 2.04. The van der Waals surface area contributed by atoms with E-state index in [-0.39, 0.29) is 5.69 Å². The molecule has 3 nitrogen and oxygen atoms in total. The zero-order chi connectivity index (χ0) is 9.42. The number of aromatic amines is 1. The lowest BCUT2D eigenvalue weighted by Gasteiger charge is -1.94. The van der Waals surface area contributed by atoms with Crippen LogP contribution in [0.25, 0.3) is 10.9 Å². The van der Waals surface area contributed by atoms with E-state index in [2.05, 4.69) is 4.98 Å². The molecular weight excluding hydrogens is 169 g/mol. The lowest BCUT2D eigenvalue weighted by molar-refractivity contribution is 0.634. The molecular formula is C9H6FN3. The third-order valence-electron chi connectivity index (χ3n) is 1.86. The summed E-state index contributed by atoms with van der Waals surface area (Å²) >= 11 is 0. The molecule has 0 aliphatic heterocycles. The zero-order valence-electron chi connectivity index (χ0n) is 6.63. The van der Waals surface area contributed by atoms with E-state index < -0.39 is 5.82 Å². The fraction of sp³-hybridized carbons (Fsp3) is 0. The van der Waals surface area contributed by atoms with Crippen molar-refractivity contribution in [2.45, 2.75) is 0 Å². The van der Waals surface area contributed by atoms with Gasteiger partial charge in [-0.15, -0.1) is 0 Å². The second-order valence-electron chi connectivity index (χ2n) is 2.76. The molecule has 0 aliphatic rings. The highest BCUT2D eigenvalue weighted by atomic mass is 19.1. The second kappa shape index (κ2) is 2.49. The third-order valence-corrected chi connectivity index (χ3v) is 1.86. The number of fused-ring (bicyclic) bond motifs is 1. The van der Waals surface area contributed by atoms with Crippen LogP contribution >= 0.6 is 0 Å². The van der Waals surface area contributed by atoms with Crippen LogP contribution < -0.4 is 5.73 Å². The Balaban J connectivity index is 2.79. The van der Waals surface area contributed by atoms with Gasteiger partial charge in [-0.1, -0.05) is 0 Å². The highest BCUT2D eigenvalue weighted by molar-refractivity contribution is 5.84. The first-order chi connectivity index (χ1) is 6.20. The fourth-order valence-electron chi connectivity index (χ4n) is 1.23. The smallest absolute Gasteiger partial charge is 0.148 e. The number of anilines is 1. The molecule has 0 amide bonds. The summed E-state index contributed by atoms with van der Waals surface area (Å²) < 4.78 is 12.9. The monoisotopic (exact) mass is 175 g/mol. The molecule has 0 atom stereocenters. The number of aromatic nitrogens is 1. The van der Waals surface area contributed by atoms with Crippen molar-refractivity contribution in [3.05, 3.63) is 29.7 Å². The summed E-state index contributed by atoms with van der Waals surface area (Å²) in [6.45, 7) is 0. The molecule has 0 saturated carbocycles. The Morgan fingerprint density at radius 3 is 2.85 bits per heavy atom. The lowest BCUT2D eigenvalue weighted by Crippen LogP contribution is -1.88. The molecule has 0 radical (unpaired) electrons. The van der Waals surface area contributed by atoms with Crippen LogP contribution in [-0.4, -0.2) is 4.98 Å². The van der Waals surface area contributed by atoms with Crippen molar-refractivity contribution >= 4 is 16.6 Å². The minimum absolute atomic E-state index is 0.0935. The van der Waals surface area contributed by atoms with Gasteiger partial charge >= 0.3 is 0 Å². The predicted octanol–water partition coefficient (Wildman–Crippen LogP) is 1.76. The summed E-state index contributed by atoms with van der Waals surface area (Å²) in [5, 5.41) is 9.32. The first-order valence-electron chi connectivity index (χ1n) is 3.68. The van der Waals surface area contributed by atoms with Crippen molar-refractivity contribution in [2.75, 3.05) is 5.73 Å². The number of rotatable bonds is 0. The normalized spacial score (nSPS) is 10.2. The van der Waals surface area contributed by atoms with Gasteiger partial charge in [0.05, 0.1) is 5.69 Å². The maximum absolute atomic E-state index is 12.9. The largest absolute Gasteiger partial charge is 0.396 e. The van der Waals surface area contributed by atoms with Crippen LogP contribution in [-0.2, 0) is 0 Å². The molecule has 0 fully saturated rings. The molecule has 0 aliphatic carbocycles. The number of benzene rings is 1. The number of halogens is 1. The van der Waals surface area contributed by atoms with E-state index in [1.807, 2.05) is 6.07 Å². The number of nitrogen functional groups attached to an aromatic ring is 1. The van der Waals surface area contributed by atoms with E-state index in [0.717, 1.165) is 5.39 Å². The maximum Gasteiger partial charge on any atom is 0.148 e. The maximum atomic E-state index is 12.9. The topological polar surface area (TPSA) is 65.6 Å².